The number of aromatic hydroxyl groups is 1. The minimum Gasteiger partial charge on any atom is -0.542 e. The Morgan fingerprint density at radius 3 is 2.37 bits per heavy atom. The van der Waals surface area contributed by atoms with Gasteiger partial charge >= 0.3 is 5.97 Å². The van der Waals surface area contributed by atoms with Crippen molar-refractivity contribution >= 4 is 32.4 Å². The fourth-order valence-electron chi connectivity index (χ4n) is 4.64. The number of ketones is 2. The molecule has 1 unspecified atom stereocenters. The first kappa shape index (κ1) is 37.2. The zero-order chi connectivity index (χ0) is 29.5. The normalized spacial score (nSPS) is 16.1. The molecule has 1 radical (unpaired) electrons. The number of Topliss-reactive ketones (excluding diaryl/α,β-unsaturated/α-hetero) is 2. The number of phenols is 1. The number of aryl methyl sites for hydroxylation is 2. The second kappa shape index (κ2) is 20.1. The molecule has 3 rings (SSSR count). The summed E-state index contributed by atoms with van der Waals surface area (Å²) in [6, 6.07) is 11.2. The molecule has 1 aliphatic rings. The minimum absolute atomic E-state index is 0. The van der Waals surface area contributed by atoms with Gasteiger partial charge in [0, 0.05) is 76.9 Å². The molecule has 0 amide bonds. The fraction of sp³-hybridized carbons (Fsp3) is 0.484. The molecule has 221 valence electrons. The Kier molecular flexibility index (Phi) is 18.3. The van der Waals surface area contributed by atoms with Crippen LogP contribution in [0.1, 0.15) is 60.9 Å². The summed E-state index contributed by atoms with van der Waals surface area (Å²) in [5, 5.41) is 19.6. The van der Waals surface area contributed by atoms with Crippen LogP contribution in [-0.4, -0.2) is 76.3 Å². The van der Waals surface area contributed by atoms with Crippen LogP contribution in [0.25, 0.3) is 0 Å². The second-order valence-corrected chi connectivity index (χ2v) is 11.3. The first-order valence-electron chi connectivity index (χ1n) is 13.9. The van der Waals surface area contributed by atoms with Crippen LogP contribution in [0.5, 0.6) is 5.75 Å². The predicted octanol–water partition coefficient (Wildman–Crippen LogP) is 4.13. The number of nitrogens with zero attached hydrogens (tertiary/aromatic N) is 2. The van der Waals surface area contributed by atoms with Crippen LogP contribution in [0.3, 0.4) is 0 Å². The SMILES string of the molecule is CC.CN1CC(=O)CCPCC(=O)CN(Cc2cc(CCC(=O)O)ccc2O)Cc2ccc(CC[C-]=O)cc2C1.[Y]. The Balaban J connectivity index is 0.00000274. The first-order valence-corrected chi connectivity index (χ1v) is 15.3. The number of aliphatic carboxylic acids is 1. The molecule has 0 bridgehead atoms. The summed E-state index contributed by atoms with van der Waals surface area (Å²) in [7, 11) is 2.31. The number of phenolic OH excluding ortho intramolecular Hbond substituents is 1. The number of carbonyl (C=O) groups is 3. The van der Waals surface area contributed by atoms with E-state index in [9.17, 15) is 24.3 Å². The molecule has 0 spiro atoms. The molecule has 2 aromatic carbocycles. The van der Waals surface area contributed by atoms with Gasteiger partial charge in [0.05, 0.1) is 13.1 Å². The summed E-state index contributed by atoms with van der Waals surface area (Å²) in [6.07, 6.45) is 4.77. The number of carboxylic acid groups (broad SMARTS) is 1. The quantitative estimate of drug-likeness (QED) is 0.322. The number of rotatable bonds is 8. The van der Waals surface area contributed by atoms with E-state index in [-0.39, 0.29) is 63.0 Å². The number of carbonyl (C=O) groups excluding carboxylic acids is 3. The molecule has 2 N–H and O–H groups in total. The Labute approximate surface area is 270 Å². The van der Waals surface area contributed by atoms with Crippen molar-refractivity contribution in [3.8, 4) is 5.75 Å². The third kappa shape index (κ3) is 13.8. The maximum Gasteiger partial charge on any atom is 0.303 e. The van der Waals surface area contributed by atoms with Crippen LogP contribution in [-0.2, 0) is 84.4 Å². The van der Waals surface area contributed by atoms with Crippen molar-refractivity contribution in [2.45, 2.75) is 65.6 Å². The summed E-state index contributed by atoms with van der Waals surface area (Å²) in [5.74, 6) is -0.518. The molecule has 41 heavy (non-hydrogen) atoms. The molecule has 10 heteroatoms. The van der Waals surface area contributed by atoms with Crippen molar-refractivity contribution in [1.82, 2.24) is 9.80 Å². The summed E-state index contributed by atoms with van der Waals surface area (Å²) >= 11 is 0. The van der Waals surface area contributed by atoms with E-state index in [0.29, 0.717) is 78.3 Å². The Hall–Kier alpha value is -1.83. The van der Waals surface area contributed by atoms with E-state index in [2.05, 4.69) is 6.07 Å². The Morgan fingerprint density at radius 2 is 1.66 bits per heavy atom. The van der Waals surface area contributed by atoms with Crippen LogP contribution in [0.2, 0.25) is 0 Å². The second-order valence-electron chi connectivity index (χ2n) is 9.93. The maximum absolute atomic E-state index is 12.9. The van der Waals surface area contributed by atoms with E-state index < -0.39 is 5.97 Å². The summed E-state index contributed by atoms with van der Waals surface area (Å²) in [6.45, 7) is 5.89. The first-order chi connectivity index (χ1) is 19.2. The molecule has 0 aromatic heterocycles. The van der Waals surface area contributed by atoms with Gasteiger partial charge in [0.25, 0.3) is 0 Å². The monoisotopic (exact) mass is 658 g/mol. The van der Waals surface area contributed by atoms with Gasteiger partial charge in [-0.1, -0.05) is 50.6 Å². The van der Waals surface area contributed by atoms with E-state index in [1.54, 1.807) is 12.1 Å². The zero-order valence-electron chi connectivity index (χ0n) is 24.4. The van der Waals surface area contributed by atoms with Gasteiger partial charge in [0.15, 0.2) is 5.78 Å². The van der Waals surface area contributed by atoms with Crippen molar-refractivity contribution < 1.29 is 62.1 Å². The van der Waals surface area contributed by atoms with Gasteiger partial charge in [-0.05, 0) is 48.0 Å². The van der Waals surface area contributed by atoms with Gasteiger partial charge < -0.3 is 15.0 Å². The molecule has 0 saturated carbocycles. The largest absolute Gasteiger partial charge is 0.542 e. The molecule has 1 aliphatic heterocycles. The van der Waals surface area contributed by atoms with E-state index in [1.807, 2.05) is 55.2 Å². The average molecular weight is 659 g/mol. The van der Waals surface area contributed by atoms with Crippen LogP contribution >= 0.6 is 8.58 Å². The molecule has 0 saturated heterocycles. The number of fused-ring (bicyclic) bond motifs is 1. The van der Waals surface area contributed by atoms with Crippen molar-refractivity contribution in [2.75, 3.05) is 32.5 Å². The number of hydrogen-bond donors (Lipinski definition) is 2. The van der Waals surface area contributed by atoms with E-state index in [4.69, 9.17) is 5.11 Å². The van der Waals surface area contributed by atoms with Gasteiger partial charge in [0.2, 0.25) is 0 Å². The minimum atomic E-state index is -0.880. The molecule has 8 nitrogen and oxygen atoms in total. The summed E-state index contributed by atoms with van der Waals surface area (Å²) in [4.78, 5) is 51.2. The van der Waals surface area contributed by atoms with Gasteiger partial charge in [0.1, 0.15) is 11.5 Å². The van der Waals surface area contributed by atoms with Crippen LogP contribution in [0, 0.1) is 0 Å². The smallest absolute Gasteiger partial charge is 0.303 e. The average Bonchev–Trinajstić information content (AvgIpc) is 2.92. The van der Waals surface area contributed by atoms with Crippen molar-refractivity contribution in [3.05, 3.63) is 64.2 Å². The van der Waals surface area contributed by atoms with Crippen LogP contribution in [0.4, 0.5) is 0 Å². The Bertz CT molecular complexity index is 1160. The van der Waals surface area contributed by atoms with Crippen molar-refractivity contribution in [1.29, 1.82) is 0 Å². The predicted molar refractivity (Wildman–Crippen MR) is 159 cm³/mol. The molecular weight excluding hydrogens is 616 g/mol. The third-order valence-electron chi connectivity index (χ3n) is 6.54. The molecular formula is C31H42N2O6PY-. The zero-order valence-corrected chi connectivity index (χ0v) is 28.3. The van der Waals surface area contributed by atoms with Gasteiger partial charge in [-0.3, -0.25) is 30.5 Å². The summed E-state index contributed by atoms with van der Waals surface area (Å²) < 4.78 is 0. The molecule has 1 heterocycles. The van der Waals surface area contributed by atoms with Crippen molar-refractivity contribution in [2.24, 2.45) is 0 Å². The molecule has 1 atom stereocenters. The molecule has 2 aromatic rings. The van der Waals surface area contributed by atoms with Crippen LogP contribution < -0.4 is 0 Å². The van der Waals surface area contributed by atoms with E-state index in [0.717, 1.165) is 22.3 Å². The molecule has 0 fully saturated rings. The Morgan fingerprint density at radius 1 is 0.951 bits per heavy atom. The van der Waals surface area contributed by atoms with Crippen molar-refractivity contribution in [3.63, 3.8) is 0 Å². The van der Waals surface area contributed by atoms with E-state index in [1.165, 1.54) is 0 Å². The number of benzene rings is 2. The number of likely N-dealkylation sites (N-methyl/N-ethyl adjacent to an activating group) is 1. The van der Waals surface area contributed by atoms with Gasteiger partial charge in [-0.25, -0.2) is 0 Å². The standard InChI is InChI=1S/C29H36N2O6P.C2H6.Y/c1-30-15-24-13-21(3-2-11-32)4-7-23(24)16-31(19-27(34)20-38-12-10-26(33)18-30)17-25-14-22(5-8-28(25)35)6-9-29(36)37;1-2;/h4-5,7-8,13-14,35,38H,2-3,6,9-10,12,15-20H2,1H3,(H,36,37);1-2H3;/q-1;;. The van der Waals surface area contributed by atoms with Gasteiger partial charge in [-0.15, -0.1) is 15.0 Å². The maximum atomic E-state index is 12.9. The van der Waals surface area contributed by atoms with Crippen LogP contribution in [0.15, 0.2) is 36.4 Å². The molecule has 0 aliphatic carbocycles. The topological polar surface area (TPSA) is 115 Å². The fourth-order valence-corrected chi connectivity index (χ4v) is 5.66. The van der Waals surface area contributed by atoms with E-state index >= 15 is 0 Å². The number of hydrogen-bond acceptors (Lipinski definition) is 7. The third-order valence-corrected chi connectivity index (χ3v) is 7.78. The van der Waals surface area contributed by atoms with Gasteiger partial charge in [-0.2, -0.15) is 0 Å². The summed E-state index contributed by atoms with van der Waals surface area (Å²) in [5.41, 5.74) is 4.52. The number of carboxylic acids is 1.